The van der Waals surface area contributed by atoms with Gasteiger partial charge in [-0.3, -0.25) is 4.79 Å². The molecule has 0 fully saturated rings. The van der Waals surface area contributed by atoms with Crippen molar-refractivity contribution in [2.24, 2.45) is 0 Å². The first-order chi connectivity index (χ1) is 10.9. The fraction of sp³-hybridized carbons (Fsp3) is 0.133. The standard InChI is InChI=1S/C15H13O7P/c16-10-7-13(18)15(14(19)8-10)12(17)6-3-9-1-4-11(5-2-9)22-23(20)21/h1-2,4-5,7-8H,3,6H2,(H3-,16,17,18,19,20,21)/p+1. The summed E-state index contributed by atoms with van der Waals surface area (Å²) < 4.78 is 15.1. The maximum atomic E-state index is 12.1. The molecule has 2 aromatic rings. The van der Waals surface area contributed by atoms with Crippen molar-refractivity contribution in [2.45, 2.75) is 12.8 Å². The average Bonchev–Trinajstić information content (AvgIpc) is 2.45. The Morgan fingerprint density at radius 3 is 2.13 bits per heavy atom. The number of hydrogen-bond donors (Lipinski definition) is 4. The van der Waals surface area contributed by atoms with E-state index < -0.39 is 25.5 Å². The van der Waals surface area contributed by atoms with Crippen molar-refractivity contribution in [1.82, 2.24) is 0 Å². The van der Waals surface area contributed by atoms with Crippen LogP contribution in [0.3, 0.4) is 0 Å². The second-order valence-corrected chi connectivity index (χ2v) is 5.41. The normalized spacial score (nSPS) is 11.1. The second kappa shape index (κ2) is 7.09. The molecule has 2 aromatic carbocycles. The number of benzene rings is 2. The van der Waals surface area contributed by atoms with Gasteiger partial charge in [-0.05, 0) is 24.1 Å². The van der Waals surface area contributed by atoms with Gasteiger partial charge in [-0.15, -0.1) is 4.89 Å². The van der Waals surface area contributed by atoms with Crippen LogP contribution in [0.15, 0.2) is 36.4 Å². The Morgan fingerprint density at radius 2 is 1.61 bits per heavy atom. The molecule has 1 unspecified atom stereocenters. The lowest BCUT2D eigenvalue weighted by Crippen LogP contribution is -2.02. The molecule has 0 radical (unpaired) electrons. The van der Waals surface area contributed by atoms with Gasteiger partial charge in [0.2, 0.25) is 0 Å². The van der Waals surface area contributed by atoms with E-state index in [0.29, 0.717) is 6.42 Å². The van der Waals surface area contributed by atoms with Crippen molar-refractivity contribution >= 4 is 14.0 Å². The first kappa shape index (κ1) is 16.7. The Hall–Kier alpha value is -2.63. The van der Waals surface area contributed by atoms with E-state index in [-0.39, 0.29) is 23.5 Å². The van der Waals surface area contributed by atoms with Crippen LogP contribution in [0, 0.1) is 0 Å². The Balaban J connectivity index is 2.03. The quantitative estimate of drug-likeness (QED) is 0.472. The largest absolute Gasteiger partial charge is 0.747 e. The summed E-state index contributed by atoms with van der Waals surface area (Å²) in [5.74, 6) is -1.54. The maximum Gasteiger partial charge on any atom is 0.747 e. The molecule has 0 saturated carbocycles. The number of carbonyl (C=O) groups is 1. The predicted octanol–water partition coefficient (Wildman–Crippen LogP) is 2.65. The van der Waals surface area contributed by atoms with Gasteiger partial charge in [0.15, 0.2) is 11.5 Å². The number of aromatic hydroxyl groups is 3. The fourth-order valence-corrected chi connectivity index (χ4v) is 2.38. The monoisotopic (exact) mass is 337 g/mol. The number of ketones is 1. The number of hydrogen-bond acceptors (Lipinski definition) is 6. The van der Waals surface area contributed by atoms with Crippen LogP contribution in [0.4, 0.5) is 0 Å². The van der Waals surface area contributed by atoms with Crippen LogP contribution < -0.4 is 4.52 Å². The third-order valence-electron chi connectivity index (χ3n) is 3.11. The van der Waals surface area contributed by atoms with E-state index in [1.165, 1.54) is 12.1 Å². The summed E-state index contributed by atoms with van der Waals surface area (Å²) in [6.07, 6.45) is 0.366. The van der Waals surface area contributed by atoms with E-state index in [2.05, 4.69) is 4.52 Å². The molecule has 0 aliphatic rings. The van der Waals surface area contributed by atoms with Gasteiger partial charge in [0, 0.05) is 23.1 Å². The minimum Gasteiger partial charge on any atom is -0.508 e. The van der Waals surface area contributed by atoms with Gasteiger partial charge >= 0.3 is 8.25 Å². The van der Waals surface area contributed by atoms with E-state index in [1.807, 2.05) is 0 Å². The number of aryl methyl sites for hydroxylation is 1. The molecule has 4 N–H and O–H groups in total. The average molecular weight is 337 g/mol. The highest BCUT2D eigenvalue weighted by atomic mass is 31.1. The molecule has 120 valence electrons. The third-order valence-corrected chi connectivity index (χ3v) is 3.47. The summed E-state index contributed by atoms with van der Waals surface area (Å²) in [5.41, 5.74) is 0.539. The van der Waals surface area contributed by atoms with Gasteiger partial charge < -0.3 is 15.3 Å². The molecule has 1 atom stereocenters. The summed E-state index contributed by atoms with van der Waals surface area (Å²) in [6.45, 7) is 0. The van der Waals surface area contributed by atoms with Crippen LogP contribution in [0.5, 0.6) is 23.0 Å². The Bertz CT molecular complexity index is 717. The highest BCUT2D eigenvalue weighted by molar-refractivity contribution is 7.32. The van der Waals surface area contributed by atoms with Crippen LogP contribution in [0.25, 0.3) is 0 Å². The minimum absolute atomic E-state index is 0.0281. The molecular weight excluding hydrogens is 323 g/mol. The van der Waals surface area contributed by atoms with E-state index in [1.54, 1.807) is 12.1 Å². The number of phenols is 3. The van der Waals surface area contributed by atoms with E-state index in [9.17, 15) is 24.7 Å². The van der Waals surface area contributed by atoms with Gasteiger partial charge in [0.1, 0.15) is 22.8 Å². The third kappa shape index (κ3) is 4.42. The van der Waals surface area contributed by atoms with E-state index >= 15 is 0 Å². The minimum atomic E-state index is -2.73. The molecule has 0 amide bonds. The number of phenolic OH excluding ortho intramolecular Hbond substituents is 3. The van der Waals surface area contributed by atoms with Crippen LogP contribution in [-0.2, 0) is 11.0 Å². The number of rotatable bonds is 6. The zero-order valence-electron chi connectivity index (χ0n) is 11.8. The van der Waals surface area contributed by atoms with Crippen LogP contribution in [0.2, 0.25) is 0 Å². The Kier molecular flexibility index (Phi) is 5.16. The van der Waals surface area contributed by atoms with Gasteiger partial charge in [-0.25, -0.2) is 4.52 Å². The van der Waals surface area contributed by atoms with Crippen molar-refractivity contribution in [2.75, 3.05) is 0 Å². The molecule has 7 nitrogen and oxygen atoms in total. The molecule has 23 heavy (non-hydrogen) atoms. The number of carbonyl (C=O) groups excluding carboxylic acids is 1. The lowest BCUT2D eigenvalue weighted by atomic mass is 10.0. The zero-order valence-corrected chi connectivity index (χ0v) is 12.7. The fourth-order valence-electron chi connectivity index (χ4n) is 2.07. The smallest absolute Gasteiger partial charge is 0.508 e. The molecule has 8 heteroatoms. The molecule has 0 bridgehead atoms. The van der Waals surface area contributed by atoms with Gasteiger partial charge in [0.05, 0.1) is 0 Å². The van der Waals surface area contributed by atoms with Crippen molar-refractivity contribution < 1.29 is 34.1 Å². The Morgan fingerprint density at radius 1 is 1.04 bits per heavy atom. The van der Waals surface area contributed by atoms with E-state index in [0.717, 1.165) is 17.7 Å². The first-order valence-corrected chi connectivity index (χ1v) is 7.71. The Labute approximate surface area is 132 Å². The first-order valence-electron chi connectivity index (χ1n) is 6.58. The van der Waals surface area contributed by atoms with Gasteiger partial charge in [-0.1, -0.05) is 12.1 Å². The topological polar surface area (TPSA) is 124 Å². The van der Waals surface area contributed by atoms with Gasteiger partial charge in [-0.2, -0.15) is 0 Å². The summed E-state index contributed by atoms with van der Waals surface area (Å²) in [7, 11) is -2.73. The van der Waals surface area contributed by atoms with Crippen molar-refractivity contribution in [3.05, 3.63) is 47.5 Å². The maximum absolute atomic E-state index is 12.1. The molecule has 0 saturated heterocycles. The van der Waals surface area contributed by atoms with Crippen LogP contribution in [0.1, 0.15) is 22.3 Å². The molecule has 0 heterocycles. The van der Waals surface area contributed by atoms with Crippen molar-refractivity contribution in [3.63, 3.8) is 0 Å². The predicted molar refractivity (Wildman–Crippen MR) is 81.0 cm³/mol. The van der Waals surface area contributed by atoms with E-state index in [4.69, 9.17) is 4.89 Å². The molecule has 0 aliphatic heterocycles. The van der Waals surface area contributed by atoms with Crippen LogP contribution >= 0.6 is 8.25 Å². The summed E-state index contributed by atoms with van der Waals surface area (Å²) in [6, 6.07) is 8.23. The zero-order chi connectivity index (χ0) is 17.0. The molecule has 0 aromatic heterocycles. The lowest BCUT2D eigenvalue weighted by molar-refractivity contribution is 0.0977. The molecule has 0 spiro atoms. The molecular formula is C15H14O7P+. The summed E-state index contributed by atoms with van der Waals surface area (Å²) >= 11 is 0. The lowest BCUT2D eigenvalue weighted by Gasteiger charge is -2.07. The molecule has 2 rings (SSSR count). The van der Waals surface area contributed by atoms with Crippen molar-refractivity contribution in [3.8, 4) is 23.0 Å². The summed E-state index contributed by atoms with van der Waals surface area (Å²) in [5, 5.41) is 28.5. The van der Waals surface area contributed by atoms with Crippen molar-refractivity contribution in [1.29, 1.82) is 0 Å². The highest BCUT2D eigenvalue weighted by Crippen LogP contribution is 2.33. The summed E-state index contributed by atoms with van der Waals surface area (Å²) in [4.78, 5) is 20.7. The SMILES string of the molecule is O=C(CCc1ccc(O[P+](=O)O)cc1)c1c(O)cc(O)cc1O. The van der Waals surface area contributed by atoms with Gasteiger partial charge in [0.25, 0.3) is 0 Å². The number of Topliss-reactive ketones (excluding diaryl/α,β-unsaturated/α-hetero) is 1. The van der Waals surface area contributed by atoms with Crippen LogP contribution in [-0.4, -0.2) is 26.0 Å². The molecule has 0 aliphatic carbocycles. The second-order valence-electron chi connectivity index (χ2n) is 4.76. The highest BCUT2D eigenvalue weighted by Gasteiger charge is 2.18.